The van der Waals surface area contributed by atoms with Gasteiger partial charge in [0.25, 0.3) is 0 Å². The first kappa shape index (κ1) is 12.5. The van der Waals surface area contributed by atoms with E-state index in [0.717, 1.165) is 11.1 Å². The Kier molecular flexibility index (Phi) is 6.21. The van der Waals surface area contributed by atoms with E-state index in [1.165, 1.54) is 0 Å². The molecule has 0 aliphatic heterocycles. The molecule has 0 saturated heterocycles. The highest BCUT2D eigenvalue weighted by atomic mass is 16.3. The van der Waals surface area contributed by atoms with Crippen LogP contribution in [0.3, 0.4) is 0 Å². The molecule has 1 aromatic rings. The van der Waals surface area contributed by atoms with Crippen molar-refractivity contribution in [2.45, 2.75) is 20.8 Å². The maximum Gasteiger partial charge on any atom is 0.119 e. The van der Waals surface area contributed by atoms with E-state index in [0.29, 0.717) is 5.76 Å². The highest BCUT2D eigenvalue weighted by Gasteiger charge is 2.00. The van der Waals surface area contributed by atoms with E-state index in [4.69, 9.17) is 0 Å². The molecule has 76 valence electrons. The van der Waals surface area contributed by atoms with Crippen molar-refractivity contribution >= 4 is 11.8 Å². The van der Waals surface area contributed by atoms with Crippen LogP contribution in [0.2, 0.25) is 0 Å². The SMILES string of the molecule is C=Cc1ccccc1/C(O)=C\C.CC. The van der Waals surface area contributed by atoms with Crippen molar-refractivity contribution in [3.63, 3.8) is 0 Å². The quantitative estimate of drug-likeness (QED) is 0.690. The summed E-state index contributed by atoms with van der Waals surface area (Å²) < 4.78 is 0. The van der Waals surface area contributed by atoms with Crippen LogP contribution in [0.1, 0.15) is 31.9 Å². The first-order chi connectivity index (χ1) is 6.79. The van der Waals surface area contributed by atoms with Crippen molar-refractivity contribution in [3.05, 3.63) is 48.0 Å². The van der Waals surface area contributed by atoms with Crippen LogP contribution in [-0.4, -0.2) is 5.11 Å². The van der Waals surface area contributed by atoms with Crippen LogP contribution >= 0.6 is 0 Å². The summed E-state index contributed by atoms with van der Waals surface area (Å²) in [6, 6.07) is 7.60. The number of hydrogen-bond donors (Lipinski definition) is 1. The van der Waals surface area contributed by atoms with E-state index >= 15 is 0 Å². The Morgan fingerprint density at radius 1 is 1.29 bits per heavy atom. The maximum atomic E-state index is 9.45. The third kappa shape index (κ3) is 3.09. The van der Waals surface area contributed by atoms with Crippen LogP contribution in [0.25, 0.3) is 11.8 Å². The monoisotopic (exact) mass is 190 g/mol. The van der Waals surface area contributed by atoms with Gasteiger partial charge in [0.15, 0.2) is 0 Å². The van der Waals surface area contributed by atoms with E-state index in [9.17, 15) is 5.11 Å². The van der Waals surface area contributed by atoms with Gasteiger partial charge in [-0.1, -0.05) is 50.8 Å². The van der Waals surface area contributed by atoms with Crippen molar-refractivity contribution < 1.29 is 5.11 Å². The summed E-state index contributed by atoms with van der Waals surface area (Å²) in [5, 5.41) is 9.45. The minimum Gasteiger partial charge on any atom is -0.508 e. The lowest BCUT2D eigenvalue weighted by Crippen LogP contribution is -1.85. The lowest BCUT2D eigenvalue weighted by atomic mass is 10.1. The molecule has 0 bridgehead atoms. The molecule has 0 radical (unpaired) electrons. The molecule has 0 fully saturated rings. The summed E-state index contributed by atoms with van der Waals surface area (Å²) in [4.78, 5) is 0. The Morgan fingerprint density at radius 3 is 2.36 bits per heavy atom. The summed E-state index contributed by atoms with van der Waals surface area (Å²) in [7, 11) is 0. The standard InChI is InChI=1S/C11H12O.C2H6/c1-3-9-7-5-6-8-10(9)11(12)4-2;1-2/h3-8,12H,1H2,2H3;1-2H3/b11-4+;. The van der Waals surface area contributed by atoms with Gasteiger partial charge in [-0.05, 0) is 18.6 Å². The summed E-state index contributed by atoms with van der Waals surface area (Å²) in [6.07, 6.45) is 3.40. The summed E-state index contributed by atoms with van der Waals surface area (Å²) in [5.41, 5.74) is 1.78. The van der Waals surface area contributed by atoms with Gasteiger partial charge in [0, 0.05) is 5.56 Å². The molecule has 0 heterocycles. The number of hydrogen-bond acceptors (Lipinski definition) is 1. The Labute approximate surface area is 86.4 Å². The summed E-state index contributed by atoms with van der Waals surface area (Å²) in [6.45, 7) is 9.47. The van der Waals surface area contributed by atoms with Crippen LogP contribution in [0.5, 0.6) is 0 Å². The molecule has 0 amide bonds. The molecule has 0 aromatic heterocycles. The van der Waals surface area contributed by atoms with E-state index in [1.807, 2.05) is 38.1 Å². The van der Waals surface area contributed by atoms with Crippen LogP contribution in [0.15, 0.2) is 36.9 Å². The van der Waals surface area contributed by atoms with Gasteiger partial charge in [0.1, 0.15) is 5.76 Å². The molecule has 0 saturated carbocycles. The Hall–Kier alpha value is -1.50. The number of aliphatic hydroxyl groups is 1. The maximum absolute atomic E-state index is 9.45. The van der Waals surface area contributed by atoms with E-state index in [2.05, 4.69) is 6.58 Å². The molecule has 1 aromatic carbocycles. The van der Waals surface area contributed by atoms with Gasteiger partial charge < -0.3 is 5.11 Å². The first-order valence-corrected chi connectivity index (χ1v) is 4.86. The molecule has 0 atom stereocenters. The molecular formula is C13H18O. The molecular weight excluding hydrogens is 172 g/mol. The van der Waals surface area contributed by atoms with E-state index in [-0.39, 0.29) is 0 Å². The Balaban J connectivity index is 0.000000791. The number of rotatable bonds is 2. The molecule has 0 spiro atoms. The minimum atomic E-state index is 0.297. The lowest BCUT2D eigenvalue weighted by molar-refractivity contribution is 0.511. The third-order valence-corrected chi connectivity index (χ3v) is 1.73. The van der Waals surface area contributed by atoms with Gasteiger partial charge in [-0.25, -0.2) is 0 Å². The van der Waals surface area contributed by atoms with Crippen LogP contribution < -0.4 is 0 Å². The predicted molar refractivity (Wildman–Crippen MR) is 64.2 cm³/mol. The van der Waals surface area contributed by atoms with Crippen molar-refractivity contribution in [2.75, 3.05) is 0 Å². The fourth-order valence-electron chi connectivity index (χ4n) is 1.06. The van der Waals surface area contributed by atoms with Crippen LogP contribution in [0.4, 0.5) is 0 Å². The van der Waals surface area contributed by atoms with Gasteiger partial charge in [-0.15, -0.1) is 0 Å². The minimum absolute atomic E-state index is 0.297. The molecule has 1 nitrogen and oxygen atoms in total. The predicted octanol–water partition coefficient (Wildman–Crippen LogP) is 4.27. The number of aliphatic hydroxyl groups excluding tert-OH is 1. The van der Waals surface area contributed by atoms with Gasteiger partial charge in [-0.3, -0.25) is 0 Å². The molecule has 14 heavy (non-hydrogen) atoms. The second kappa shape index (κ2) is 6.96. The zero-order valence-corrected chi connectivity index (χ0v) is 9.12. The zero-order chi connectivity index (χ0) is 11.0. The molecule has 1 heteroatoms. The molecule has 0 unspecified atom stereocenters. The highest BCUT2D eigenvalue weighted by Crippen LogP contribution is 2.17. The first-order valence-electron chi connectivity index (χ1n) is 4.86. The number of benzene rings is 1. The van der Waals surface area contributed by atoms with Crippen LogP contribution in [0, 0.1) is 0 Å². The molecule has 1 N–H and O–H groups in total. The van der Waals surface area contributed by atoms with Crippen molar-refractivity contribution in [1.29, 1.82) is 0 Å². The highest BCUT2D eigenvalue weighted by molar-refractivity contribution is 5.69. The van der Waals surface area contributed by atoms with Crippen molar-refractivity contribution in [1.82, 2.24) is 0 Å². The molecule has 0 aliphatic rings. The second-order valence-electron chi connectivity index (χ2n) is 2.47. The van der Waals surface area contributed by atoms with Crippen LogP contribution in [-0.2, 0) is 0 Å². The normalized spacial score (nSPS) is 10.1. The topological polar surface area (TPSA) is 20.2 Å². The Bertz CT molecular complexity index is 311. The third-order valence-electron chi connectivity index (χ3n) is 1.73. The largest absolute Gasteiger partial charge is 0.508 e. The average molecular weight is 190 g/mol. The second-order valence-corrected chi connectivity index (χ2v) is 2.47. The van der Waals surface area contributed by atoms with Gasteiger partial charge in [-0.2, -0.15) is 0 Å². The zero-order valence-electron chi connectivity index (χ0n) is 9.12. The lowest BCUT2D eigenvalue weighted by Gasteiger charge is -2.03. The molecule has 1 rings (SSSR count). The summed E-state index contributed by atoms with van der Waals surface area (Å²) >= 11 is 0. The van der Waals surface area contributed by atoms with Gasteiger partial charge in [0.05, 0.1) is 0 Å². The van der Waals surface area contributed by atoms with Crippen molar-refractivity contribution in [3.8, 4) is 0 Å². The number of allylic oxidation sites excluding steroid dienone is 1. The smallest absolute Gasteiger partial charge is 0.119 e. The molecule has 0 aliphatic carbocycles. The van der Waals surface area contributed by atoms with E-state index in [1.54, 1.807) is 19.1 Å². The van der Waals surface area contributed by atoms with Gasteiger partial charge in [0.2, 0.25) is 0 Å². The fourth-order valence-corrected chi connectivity index (χ4v) is 1.06. The average Bonchev–Trinajstić information content (AvgIpc) is 2.30. The van der Waals surface area contributed by atoms with Crippen molar-refractivity contribution in [2.24, 2.45) is 0 Å². The Morgan fingerprint density at radius 2 is 1.86 bits per heavy atom. The fraction of sp³-hybridized carbons (Fsp3) is 0.231. The van der Waals surface area contributed by atoms with Gasteiger partial charge >= 0.3 is 0 Å². The summed E-state index contributed by atoms with van der Waals surface area (Å²) in [5.74, 6) is 0.297. The van der Waals surface area contributed by atoms with E-state index < -0.39 is 0 Å².